The summed E-state index contributed by atoms with van der Waals surface area (Å²) in [5.41, 5.74) is -1.20. The van der Waals surface area contributed by atoms with E-state index in [1.165, 1.54) is 26.0 Å². The first-order chi connectivity index (χ1) is 15.7. The van der Waals surface area contributed by atoms with E-state index >= 15 is 0 Å². The Morgan fingerprint density at radius 1 is 1.18 bits per heavy atom. The molecule has 0 aliphatic carbocycles. The molecule has 1 aromatic carbocycles. The molecule has 1 fully saturated rings. The van der Waals surface area contributed by atoms with E-state index in [4.69, 9.17) is 4.42 Å². The number of carbonyl (C=O) groups is 4. The lowest BCUT2D eigenvalue weighted by atomic mass is 9.84. The summed E-state index contributed by atoms with van der Waals surface area (Å²) >= 11 is 0. The van der Waals surface area contributed by atoms with Crippen LogP contribution in [0.5, 0.6) is 0 Å². The molecule has 1 aliphatic heterocycles. The number of nitrogens with zero attached hydrogens (tertiary/aromatic N) is 3. The van der Waals surface area contributed by atoms with E-state index in [0.717, 1.165) is 4.90 Å². The number of benzene rings is 1. The van der Waals surface area contributed by atoms with Crippen molar-refractivity contribution in [1.29, 1.82) is 0 Å². The van der Waals surface area contributed by atoms with Gasteiger partial charge in [-0.05, 0) is 51.3 Å². The summed E-state index contributed by atoms with van der Waals surface area (Å²) < 4.78 is 18.9. The first-order valence-electron chi connectivity index (χ1n) is 10.8. The van der Waals surface area contributed by atoms with Crippen LogP contribution in [0.25, 0.3) is 0 Å². The fourth-order valence-electron chi connectivity index (χ4n) is 3.56. The maximum atomic E-state index is 13.3. The van der Waals surface area contributed by atoms with Crippen molar-refractivity contribution in [2.45, 2.75) is 58.5 Å². The summed E-state index contributed by atoms with van der Waals surface area (Å²) in [5.74, 6) is -2.69. The SMILES string of the molecule is CC(C)C(NC(=O)CN1C(=O)NC(C)(C)C1=O)C(=O)c1nnc(C(C)(C)c2ccc(F)cc2)o1. The normalized spacial score (nSPS) is 16.5. The second kappa shape index (κ2) is 8.96. The predicted molar refractivity (Wildman–Crippen MR) is 118 cm³/mol. The lowest BCUT2D eigenvalue weighted by Gasteiger charge is -2.22. The van der Waals surface area contributed by atoms with Crippen molar-refractivity contribution in [2.75, 3.05) is 6.54 Å². The van der Waals surface area contributed by atoms with Gasteiger partial charge in [-0.2, -0.15) is 0 Å². The number of nitrogens with one attached hydrogen (secondary N) is 2. The van der Waals surface area contributed by atoms with Crippen molar-refractivity contribution in [1.82, 2.24) is 25.7 Å². The molecule has 1 saturated heterocycles. The zero-order valence-electron chi connectivity index (χ0n) is 19.9. The predicted octanol–water partition coefficient (Wildman–Crippen LogP) is 2.19. The quantitative estimate of drug-likeness (QED) is 0.443. The fraction of sp³-hybridized carbons (Fsp3) is 0.478. The van der Waals surface area contributed by atoms with Crippen LogP contribution in [-0.2, 0) is 15.0 Å². The monoisotopic (exact) mass is 473 g/mol. The third-order valence-electron chi connectivity index (χ3n) is 5.75. The highest BCUT2D eigenvalue weighted by atomic mass is 19.1. The molecule has 1 atom stereocenters. The first-order valence-corrected chi connectivity index (χ1v) is 10.8. The molecule has 1 unspecified atom stereocenters. The van der Waals surface area contributed by atoms with Crippen LogP contribution in [0.15, 0.2) is 28.7 Å². The van der Waals surface area contributed by atoms with Gasteiger partial charge in [0.15, 0.2) is 0 Å². The van der Waals surface area contributed by atoms with Crippen molar-refractivity contribution in [3.8, 4) is 0 Å². The van der Waals surface area contributed by atoms with Crippen molar-refractivity contribution < 1.29 is 28.0 Å². The highest BCUT2D eigenvalue weighted by molar-refractivity contribution is 6.09. The number of ketones is 1. The van der Waals surface area contributed by atoms with Gasteiger partial charge >= 0.3 is 6.03 Å². The van der Waals surface area contributed by atoms with Gasteiger partial charge in [0.2, 0.25) is 17.6 Å². The average molecular weight is 474 g/mol. The maximum Gasteiger partial charge on any atom is 0.325 e. The Morgan fingerprint density at radius 3 is 2.32 bits per heavy atom. The lowest BCUT2D eigenvalue weighted by molar-refractivity contribution is -0.134. The molecule has 34 heavy (non-hydrogen) atoms. The van der Waals surface area contributed by atoms with Crippen molar-refractivity contribution in [2.24, 2.45) is 5.92 Å². The number of Topliss-reactive ketones (excluding diaryl/α,β-unsaturated/α-hetero) is 1. The number of aromatic nitrogens is 2. The molecular formula is C23H28FN5O5. The van der Waals surface area contributed by atoms with Crippen LogP contribution in [0.1, 0.15) is 63.7 Å². The van der Waals surface area contributed by atoms with Gasteiger partial charge < -0.3 is 15.1 Å². The van der Waals surface area contributed by atoms with Crippen LogP contribution in [0.3, 0.4) is 0 Å². The summed E-state index contributed by atoms with van der Waals surface area (Å²) in [6.45, 7) is 9.57. The maximum absolute atomic E-state index is 13.3. The number of amides is 4. The molecule has 3 rings (SSSR count). The number of rotatable bonds is 8. The van der Waals surface area contributed by atoms with Gasteiger partial charge in [-0.3, -0.25) is 19.3 Å². The van der Waals surface area contributed by atoms with Crippen LogP contribution in [-0.4, -0.2) is 56.9 Å². The number of carbonyl (C=O) groups excluding carboxylic acids is 4. The summed E-state index contributed by atoms with van der Waals surface area (Å²) in [7, 11) is 0. The third kappa shape index (κ3) is 4.82. The van der Waals surface area contributed by atoms with Gasteiger partial charge in [0, 0.05) is 0 Å². The van der Waals surface area contributed by atoms with Crippen LogP contribution in [0.2, 0.25) is 0 Å². The number of halogens is 1. The molecule has 10 nitrogen and oxygen atoms in total. The van der Waals surface area contributed by atoms with E-state index in [1.807, 2.05) is 0 Å². The topological polar surface area (TPSA) is 134 Å². The summed E-state index contributed by atoms with van der Waals surface area (Å²) in [5, 5.41) is 12.9. The molecule has 1 aromatic heterocycles. The van der Waals surface area contributed by atoms with Crippen LogP contribution in [0, 0.1) is 11.7 Å². The van der Waals surface area contributed by atoms with Gasteiger partial charge in [0.25, 0.3) is 11.8 Å². The Hall–Kier alpha value is -3.63. The Kier molecular flexibility index (Phi) is 6.59. The Bertz CT molecular complexity index is 1120. The van der Waals surface area contributed by atoms with Gasteiger partial charge in [0.05, 0.1) is 11.5 Å². The largest absolute Gasteiger partial charge is 0.417 e. The second-order valence-electron chi connectivity index (χ2n) is 9.64. The van der Waals surface area contributed by atoms with Gasteiger partial charge in [0.1, 0.15) is 17.9 Å². The summed E-state index contributed by atoms with van der Waals surface area (Å²) in [6.07, 6.45) is 0. The zero-order chi connectivity index (χ0) is 25.4. The van der Waals surface area contributed by atoms with E-state index in [-0.39, 0.29) is 23.5 Å². The minimum Gasteiger partial charge on any atom is -0.417 e. The van der Waals surface area contributed by atoms with E-state index in [9.17, 15) is 23.6 Å². The molecule has 0 saturated carbocycles. The number of hydrogen-bond donors (Lipinski definition) is 2. The molecular weight excluding hydrogens is 445 g/mol. The number of imide groups is 1. The molecule has 1 aliphatic rings. The molecule has 2 aromatic rings. The highest BCUT2D eigenvalue weighted by Crippen LogP contribution is 2.30. The molecule has 11 heteroatoms. The van der Waals surface area contributed by atoms with Crippen LogP contribution < -0.4 is 10.6 Å². The third-order valence-corrected chi connectivity index (χ3v) is 5.75. The Labute approximate surface area is 196 Å². The van der Waals surface area contributed by atoms with Gasteiger partial charge in [-0.15, -0.1) is 10.2 Å². The zero-order valence-corrected chi connectivity index (χ0v) is 19.9. The van der Waals surface area contributed by atoms with Crippen LogP contribution in [0.4, 0.5) is 9.18 Å². The standard InChI is InChI=1S/C23H28FN5O5/c1-12(2)16(25-15(30)11-29-20(32)23(5,6)26-21(29)33)17(31)18-27-28-19(34-18)22(3,4)13-7-9-14(24)10-8-13/h7-10,12,16H,11H2,1-6H3,(H,25,30)(H,26,33). The van der Waals surface area contributed by atoms with E-state index in [2.05, 4.69) is 20.8 Å². The smallest absolute Gasteiger partial charge is 0.325 e. The lowest BCUT2D eigenvalue weighted by Crippen LogP contribution is -2.49. The van der Waals surface area contributed by atoms with Crippen molar-refractivity contribution in [3.05, 3.63) is 47.4 Å². The second-order valence-corrected chi connectivity index (χ2v) is 9.64. The average Bonchev–Trinajstić information content (AvgIpc) is 3.32. The summed E-state index contributed by atoms with van der Waals surface area (Å²) in [6, 6.07) is 4.11. The molecule has 2 N–H and O–H groups in total. The molecule has 0 bridgehead atoms. The number of hydrogen-bond acceptors (Lipinski definition) is 7. The van der Waals surface area contributed by atoms with E-state index in [0.29, 0.717) is 5.56 Å². The van der Waals surface area contributed by atoms with Gasteiger partial charge in [-0.1, -0.05) is 26.0 Å². The first kappa shape index (κ1) is 25.0. The van der Waals surface area contributed by atoms with E-state index < -0.39 is 47.2 Å². The highest BCUT2D eigenvalue weighted by Gasteiger charge is 2.45. The van der Waals surface area contributed by atoms with Crippen molar-refractivity contribution >= 4 is 23.6 Å². The van der Waals surface area contributed by atoms with Crippen LogP contribution >= 0.6 is 0 Å². The minimum absolute atomic E-state index is 0.151. The van der Waals surface area contributed by atoms with E-state index in [1.54, 1.807) is 39.8 Å². The summed E-state index contributed by atoms with van der Waals surface area (Å²) in [4.78, 5) is 50.8. The van der Waals surface area contributed by atoms with Crippen molar-refractivity contribution in [3.63, 3.8) is 0 Å². The molecule has 0 spiro atoms. The Balaban J connectivity index is 1.75. The Morgan fingerprint density at radius 2 is 1.79 bits per heavy atom. The van der Waals surface area contributed by atoms with Gasteiger partial charge in [-0.25, -0.2) is 9.18 Å². The number of urea groups is 1. The molecule has 2 heterocycles. The minimum atomic E-state index is -1.11. The molecule has 0 radical (unpaired) electrons. The fourth-order valence-corrected chi connectivity index (χ4v) is 3.56. The molecule has 182 valence electrons. The molecule has 4 amide bonds.